The summed E-state index contributed by atoms with van der Waals surface area (Å²) in [6, 6.07) is 9.53. The summed E-state index contributed by atoms with van der Waals surface area (Å²) >= 11 is 0. The second-order valence-electron chi connectivity index (χ2n) is 5.36. The van der Waals surface area contributed by atoms with E-state index in [1.54, 1.807) is 19.3 Å². The van der Waals surface area contributed by atoms with Crippen molar-refractivity contribution in [2.75, 3.05) is 6.61 Å². The summed E-state index contributed by atoms with van der Waals surface area (Å²) in [6.07, 6.45) is 4.89. The smallest absolute Gasteiger partial charge is 0.321 e. The van der Waals surface area contributed by atoms with Crippen LogP contribution in [0.1, 0.15) is 19.4 Å². The number of carbonyl (C=O) groups excluding carboxylic acids is 2. The van der Waals surface area contributed by atoms with Gasteiger partial charge in [-0.25, -0.2) is 0 Å². The van der Waals surface area contributed by atoms with Crippen molar-refractivity contribution in [2.24, 2.45) is 10.9 Å². The highest BCUT2D eigenvalue weighted by Crippen LogP contribution is 2.26. The average Bonchev–Trinajstić information content (AvgIpc) is 2.55. The highest BCUT2D eigenvalue weighted by Gasteiger charge is 2.22. The monoisotopic (exact) mass is 324 g/mol. The average molecular weight is 324 g/mol. The Labute approximate surface area is 141 Å². The fourth-order valence-corrected chi connectivity index (χ4v) is 2.28. The van der Waals surface area contributed by atoms with Crippen LogP contribution in [0.15, 0.2) is 47.7 Å². The van der Waals surface area contributed by atoms with Crippen LogP contribution in [0.3, 0.4) is 0 Å². The lowest BCUT2D eigenvalue weighted by Crippen LogP contribution is -2.25. The molecule has 0 amide bonds. The molecule has 124 valence electrons. The number of ether oxygens (including phenoxy) is 1. The van der Waals surface area contributed by atoms with Gasteiger partial charge in [0.2, 0.25) is 0 Å². The lowest BCUT2D eigenvalue weighted by molar-refractivity contribution is -0.148. The molecule has 24 heavy (non-hydrogen) atoms. The van der Waals surface area contributed by atoms with Gasteiger partial charge in [-0.3, -0.25) is 19.6 Å². The number of aryl methyl sites for hydroxylation is 1. The van der Waals surface area contributed by atoms with Crippen LogP contribution in [-0.2, 0) is 14.3 Å². The van der Waals surface area contributed by atoms with Crippen molar-refractivity contribution in [2.45, 2.75) is 20.8 Å². The zero-order valence-electron chi connectivity index (χ0n) is 14.0. The standard InChI is InChI=1S/C19H20N2O3/c1-4-24-19(23)18(14(3)22)12-21-16-7-5-6-15(10-16)17-8-9-20-11-13(17)2/h5-12,18H,4H2,1-3H3. The number of carbonyl (C=O) groups is 2. The van der Waals surface area contributed by atoms with Crippen molar-refractivity contribution >= 4 is 23.7 Å². The minimum absolute atomic E-state index is 0.229. The van der Waals surface area contributed by atoms with Gasteiger partial charge >= 0.3 is 5.97 Å². The van der Waals surface area contributed by atoms with Gasteiger partial charge in [0.25, 0.3) is 0 Å². The van der Waals surface area contributed by atoms with Crippen molar-refractivity contribution in [3.8, 4) is 11.1 Å². The molecule has 0 N–H and O–H groups in total. The molecule has 0 bridgehead atoms. The molecule has 0 spiro atoms. The minimum atomic E-state index is -0.976. The van der Waals surface area contributed by atoms with Crippen LogP contribution in [0.25, 0.3) is 11.1 Å². The molecular formula is C19H20N2O3. The normalized spacial score (nSPS) is 12.1. The first-order valence-corrected chi connectivity index (χ1v) is 7.75. The van der Waals surface area contributed by atoms with E-state index in [0.717, 1.165) is 16.7 Å². The highest BCUT2D eigenvalue weighted by atomic mass is 16.5. The molecule has 0 fully saturated rings. The Morgan fingerprint density at radius 3 is 2.79 bits per heavy atom. The Morgan fingerprint density at radius 2 is 2.12 bits per heavy atom. The number of benzene rings is 1. The van der Waals surface area contributed by atoms with Crippen LogP contribution >= 0.6 is 0 Å². The predicted octanol–water partition coefficient (Wildman–Crippen LogP) is 3.53. The summed E-state index contributed by atoms with van der Waals surface area (Å²) in [5.74, 6) is -1.84. The number of aliphatic imine (C=N–C) groups is 1. The number of ketones is 1. The van der Waals surface area contributed by atoms with E-state index < -0.39 is 11.9 Å². The van der Waals surface area contributed by atoms with E-state index in [2.05, 4.69) is 9.98 Å². The van der Waals surface area contributed by atoms with E-state index >= 15 is 0 Å². The maximum Gasteiger partial charge on any atom is 0.321 e. The van der Waals surface area contributed by atoms with Gasteiger partial charge in [0.1, 0.15) is 5.78 Å². The van der Waals surface area contributed by atoms with Crippen LogP contribution in [-0.4, -0.2) is 29.6 Å². The molecule has 2 aromatic rings. The Kier molecular flexibility index (Phi) is 5.95. The van der Waals surface area contributed by atoms with Gasteiger partial charge in [-0.05, 0) is 55.7 Å². The van der Waals surface area contributed by atoms with E-state index in [1.807, 2.05) is 37.3 Å². The number of aromatic nitrogens is 1. The Balaban J connectivity index is 2.27. The maximum absolute atomic E-state index is 11.8. The van der Waals surface area contributed by atoms with Gasteiger partial charge < -0.3 is 4.74 Å². The topological polar surface area (TPSA) is 68.6 Å². The van der Waals surface area contributed by atoms with Gasteiger partial charge in [0.05, 0.1) is 12.3 Å². The molecule has 1 heterocycles. The second kappa shape index (κ2) is 8.15. The minimum Gasteiger partial charge on any atom is -0.465 e. The summed E-state index contributed by atoms with van der Waals surface area (Å²) in [4.78, 5) is 31.8. The molecule has 1 aromatic carbocycles. The third-order valence-electron chi connectivity index (χ3n) is 3.53. The summed E-state index contributed by atoms with van der Waals surface area (Å²) in [6.45, 7) is 5.27. The van der Waals surface area contributed by atoms with Crippen molar-refractivity contribution < 1.29 is 14.3 Å². The fourth-order valence-electron chi connectivity index (χ4n) is 2.28. The summed E-state index contributed by atoms with van der Waals surface area (Å²) in [5.41, 5.74) is 3.79. The van der Waals surface area contributed by atoms with Crippen molar-refractivity contribution in [1.82, 2.24) is 4.98 Å². The molecule has 2 rings (SSSR count). The van der Waals surface area contributed by atoms with Crippen molar-refractivity contribution in [1.29, 1.82) is 0 Å². The Bertz CT molecular complexity index is 769. The van der Waals surface area contributed by atoms with Crippen molar-refractivity contribution in [3.63, 3.8) is 0 Å². The molecule has 0 aliphatic rings. The van der Waals surface area contributed by atoms with Crippen LogP contribution < -0.4 is 0 Å². The number of Topliss-reactive ketones (excluding diaryl/α,β-unsaturated/α-hetero) is 1. The van der Waals surface area contributed by atoms with Gasteiger partial charge in [0, 0.05) is 18.6 Å². The number of hydrogen-bond donors (Lipinski definition) is 0. The zero-order valence-corrected chi connectivity index (χ0v) is 14.0. The molecule has 0 aliphatic heterocycles. The largest absolute Gasteiger partial charge is 0.465 e. The molecule has 0 saturated carbocycles. The van der Waals surface area contributed by atoms with E-state index in [9.17, 15) is 9.59 Å². The van der Waals surface area contributed by atoms with Gasteiger partial charge in [-0.2, -0.15) is 0 Å². The third kappa shape index (κ3) is 4.35. The molecule has 5 heteroatoms. The van der Waals surface area contributed by atoms with E-state index in [0.29, 0.717) is 5.69 Å². The molecule has 0 radical (unpaired) electrons. The molecule has 1 atom stereocenters. The summed E-state index contributed by atoms with van der Waals surface area (Å²) < 4.78 is 4.90. The Morgan fingerprint density at radius 1 is 1.33 bits per heavy atom. The summed E-state index contributed by atoms with van der Waals surface area (Å²) in [5, 5.41) is 0. The highest BCUT2D eigenvalue weighted by molar-refractivity contribution is 6.11. The van der Waals surface area contributed by atoms with Gasteiger partial charge in [-0.1, -0.05) is 12.1 Å². The van der Waals surface area contributed by atoms with Gasteiger partial charge in [0.15, 0.2) is 5.92 Å². The SMILES string of the molecule is CCOC(=O)C(C=Nc1cccc(-c2ccncc2C)c1)C(C)=O. The van der Waals surface area contributed by atoms with E-state index in [1.165, 1.54) is 13.1 Å². The predicted molar refractivity (Wildman–Crippen MR) is 93.4 cm³/mol. The Hall–Kier alpha value is -2.82. The van der Waals surface area contributed by atoms with E-state index in [4.69, 9.17) is 4.74 Å². The third-order valence-corrected chi connectivity index (χ3v) is 3.53. The quantitative estimate of drug-likeness (QED) is 0.463. The molecular weight excluding hydrogens is 304 g/mol. The first kappa shape index (κ1) is 17.5. The second-order valence-corrected chi connectivity index (χ2v) is 5.36. The van der Waals surface area contributed by atoms with Crippen LogP contribution in [0.5, 0.6) is 0 Å². The maximum atomic E-state index is 11.8. The fraction of sp³-hybridized carbons (Fsp3) is 0.263. The van der Waals surface area contributed by atoms with Crippen LogP contribution in [0.4, 0.5) is 5.69 Å². The first-order valence-electron chi connectivity index (χ1n) is 7.75. The van der Waals surface area contributed by atoms with Crippen LogP contribution in [0, 0.1) is 12.8 Å². The zero-order chi connectivity index (χ0) is 17.5. The number of nitrogens with zero attached hydrogens (tertiary/aromatic N) is 2. The molecule has 0 saturated heterocycles. The number of rotatable bonds is 6. The lowest BCUT2D eigenvalue weighted by Gasteiger charge is -2.08. The summed E-state index contributed by atoms with van der Waals surface area (Å²) in [7, 11) is 0. The number of hydrogen-bond acceptors (Lipinski definition) is 5. The molecule has 1 aromatic heterocycles. The van der Waals surface area contributed by atoms with Crippen LogP contribution in [0.2, 0.25) is 0 Å². The van der Waals surface area contributed by atoms with E-state index in [-0.39, 0.29) is 12.4 Å². The lowest BCUT2D eigenvalue weighted by atomic mass is 10.0. The van der Waals surface area contributed by atoms with Gasteiger partial charge in [-0.15, -0.1) is 0 Å². The first-order chi connectivity index (χ1) is 11.5. The molecule has 5 nitrogen and oxygen atoms in total. The number of pyridine rings is 1. The molecule has 1 unspecified atom stereocenters. The molecule has 0 aliphatic carbocycles. The number of esters is 1. The van der Waals surface area contributed by atoms with Crippen molar-refractivity contribution in [3.05, 3.63) is 48.3 Å².